The van der Waals surface area contributed by atoms with E-state index in [1.54, 1.807) is 24.3 Å². The second kappa shape index (κ2) is 6.29. The second-order valence-electron chi connectivity index (χ2n) is 4.58. The molecule has 0 saturated heterocycles. The molecule has 0 atom stereocenters. The molecule has 2 aromatic rings. The van der Waals surface area contributed by atoms with Crippen LogP contribution in [0.15, 0.2) is 58.6 Å². The van der Waals surface area contributed by atoms with Crippen LogP contribution in [-0.4, -0.2) is 31.4 Å². The maximum absolute atomic E-state index is 12.3. The average Bonchev–Trinajstić information content (AvgIpc) is 2.49. The quantitative estimate of drug-likeness (QED) is 0.402. The number of hydrogen-bond acceptors (Lipinski definition) is 5. The lowest BCUT2D eigenvalue weighted by atomic mass is 10.0. The van der Waals surface area contributed by atoms with Crippen LogP contribution in [0.1, 0.15) is 15.9 Å². The van der Waals surface area contributed by atoms with Crippen LogP contribution in [0.5, 0.6) is 0 Å². The Hall–Kier alpha value is -2.18. The molecule has 1 N–H and O–H groups in total. The number of benzene rings is 2. The molecule has 0 unspecified atom stereocenters. The van der Waals surface area contributed by atoms with Gasteiger partial charge in [-0.05, 0) is 36.4 Å². The van der Waals surface area contributed by atoms with Crippen LogP contribution < -0.4 is 0 Å². The van der Waals surface area contributed by atoms with Gasteiger partial charge < -0.3 is 5.21 Å². The van der Waals surface area contributed by atoms with Gasteiger partial charge in [0, 0.05) is 22.4 Å². The Kier molecular flexibility index (Phi) is 4.63. The number of nitrogens with zero attached hydrogens (tertiary/aromatic N) is 1. The first-order valence-electron chi connectivity index (χ1n) is 6.16. The number of carbonyl (C=O) groups is 1. The fraction of sp³-hybridized carbons (Fsp3) is 0.0667. The summed E-state index contributed by atoms with van der Waals surface area (Å²) < 4.78 is 22.8. The highest BCUT2D eigenvalue weighted by Gasteiger charge is 2.18. The maximum atomic E-state index is 12.3. The number of hydrogen-bond donors (Lipinski definition) is 1. The van der Waals surface area contributed by atoms with E-state index in [1.165, 1.54) is 24.3 Å². The Bertz CT molecular complexity index is 825. The minimum absolute atomic E-state index is 0.109. The molecule has 0 bridgehead atoms. The van der Waals surface area contributed by atoms with E-state index in [-0.39, 0.29) is 16.2 Å². The standard InChI is InChI=1S/C15H12ClNO4S/c1-22(20,21)13-8-4-11(5-9-13)15(18)14(17-19)10-2-6-12(16)7-3-10/h2-9,19H,1H3/b17-14+. The first-order chi connectivity index (χ1) is 10.3. The van der Waals surface area contributed by atoms with E-state index >= 15 is 0 Å². The number of oxime groups is 1. The largest absolute Gasteiger partial charge is 0.410 e. The molecule has 0 heterocycles. The summed E-state index contributed by atoms with van der Waals surface area (Å²) in [5.74, 6) is -0.523. The zero-order chi connectivity index (χ0) is 16.3. The molecule has 0 aliphatic heterocycles. The third-order valence-electron chi connectivity index (χ3n) is 2.98. The Morgan fingerprint density at radius 2 is 1.50 bits per heavy atom. The minimum atomic E-state index is -3.33. The molecule has 0 spiro atoms. The SMILES string of the molecule is CS(=O)(=O)c1ccc(C(=O)/C(=N/O)c2ccc(Cl)cc2)cc1. The van der Waals surface area contributed by atoms with Gasteiger partial charge in [0.25, 0.3) is 0 Å². The van der Waals surface area contributed by atoms with E-state index in [4.69, 9.17) is 16.8 Å². The van der Waals surface area contributed by atoms with Crippen LogP contribution >= 0.6 is 11.6 Å². The molecule has 22 heavy (non-hydrogen) atoms. The lowest BCUT2D eigenvalue weighted by molar-refractivity contribution is 0.106. The molecule has 0 aromatic heterocycles. The average molecular weight is 338 g/mol. The molecule has 114 valence electrons. The maximum Gasteiger partial charge on any atom is 0.215 e. The van der Waals surface area contributed by atoms with Gasteiger partial charge in [-0.1, -0.05) is 28.9 Å². The molecule has 0 saturated carbocycles. The van der Waals surface area contributed by atoms with Crippen LogP contribution in [0.3, 0.4) is 0 Å². The van der Waals surface area contributed by atoms with Crippen LogP contribution in [-0.2, 0) is 9.84 Å². The van der Waals surface area contributed by atoms with Gasteiger partial charge in [-0.25, -0.2) is 8.42 Å². The fourth-order valence-electron chi connectivity index (χ4n) is 1.83. The minimum Gasteiger partial charge on any atom is -0.410 e. The first kappa shape index (κ1) is 16.2. The summed E-state index contributed by atoms with van der Waals surface area (Å²) >= 11 is 5.77. The van der Waals surface area contributed by atoms with Crippen molar-refractivity contribution in [1.82, 2.24) is 0 Å². The van der Waals surface area contributed by atoms with E-state index in [2.05, 4.69) is 5.16 Å². The van der Waals surface area contributed by atoms with Crippen molar-refractivity contribution in [2.24, 2.45) is 5.16 Å². The van der Waals surface area contributed by atoms with Crippen LogP contribution in [0.4, 0.5) is 0 Å². The number of sulfone groups is 1. The predicted molar refractivity (Wildman–Crippen MR) is 83.7 cm³/mol. The number of Topliss-reactive ketones (excluding diaryl/α,β-unsaturated/α-hetero) is 1. The monoisotopic (exact) mass is 337 g/mol. The highest BCUT2D eigenvalue weighted by Crippen LogP contribution is 2.15. The Morgan fingerprint density at radius 3 is 1.95 bits per heavy atom. The lowest BCUT2D eigenvalue weighted by Gasteiger charge is -2.05. The molecule has 2 rings (SSSR count). The number of rotatable bonds is 4. The molecule has 7 heteroatoms. The van der Waals surface area contributed by atoms with Gasteiger partial charge in [0.05, 0.1) is 4.90 Å². The van der Waals surface area contributed by atoms with Crippen molar-refractivity contribution in [2.75, 3.05) is 6.26 Å². The third kappa shape index (κ3) is 3.52. The van der Waals surface area contributed by atoms with Crippen molar-refractivity contribution in [3.05, 3.63) is 64.7 Å². The fourth-order valence-corrected chi connectivity index (χ4v) is 2.59. The van der Waals surface area contributed by atoms with Crippen molar-refractivity contribution in [3.8, 4) is 0 Å². The smallest absolute Gasteiger partial charge is 0.215 e. The molecule has 0 aliphatic rings. The van der Waals surface area contributed by atoms with Crippen molar-refractivity contribution in [2.45, 2.75) is 4.90 Å². The van der Waals surface area contributed by atoms with E-state index in [1.807, 2.05) is 0 Å². The summed E-state index contributed by atoms with van der Waals surface area (Å²) in [5, 5.41) is 12.6. The predicted octanol–water partition coefficient (Wildman–Crippen LogP) is 2.80. The van der Waals surface area contributed by atoms with E-state index in [0.717, 1.165) is 6.26 Å². The summed E-state index contributed by atoms with van der Waals surface area (Å²) in [7, 11) is -3.33. The Morgan fingerprint density at radius 1 is 1.00 bits per heavy atom. The van der Waals surface area contributed by atoms with Gasteiger partial charge in [0.15, 0.2) is 15.5 Å². The van der Waals surface area contributed by atoms with Crippen LogP contribution in [0.25, 0.3) is 0 Å². The van der Waals surface area contributed by atoms with E-state index in [0.29, 0.717) is 10.6 Å². The number of halogens is 1. The van der Waals surface area contributed by atoms with Gasteiger partial charge >= 0.3 is 0 Å². The van der Waals surface area contributed by atoms with Crippen molar-refractivity contribution < 1.29 is 18.4 Å². The number of carbonyl (C=O) groups excluding carboxylic acids is 1. The summed E-state index contributed by atoms with van der Waals surface area (Å²) in [5.41, 5.74) is 0.475. The van der Waals surface area contributed by atoms with Crippen molar-refractivity contribution in [3.63, 3.8) is 0 Å². The second-order valence-corrected chi connectivity index (χ2v) is 7.03. The zero-order valence-electron chi connectivity index (χ0n) is 11.5. The summed E-state index contributed by atoms with van der Waals surface area (Å²) in [6, 6.07) is 11.7. The number of ketones is 1. The van der Waals surface area contributed by atoms with Crippen molar-refractivity contribution in [1.29, 1.82) is 0 Å². The van der Waals surface area contributed by atoms with Gasteiger partial charge in [0.1, 0.15) is 0 Å². The molecular weight excluding hydrogens is 326 g/mol. The van der Waals surface area contributed by atoms with Gasteiger partial charge in [-0.15, -0.1) is 0 Å². The van der Waals surface area contributed by atoms with E-state index in [9.17, 15) is 13.2 Å². The Labute approximate surface area is 132 Å². The van der Waals surface area contributed by atoms with E-state index < -0.39 is 15.6 Å². The molecule has 5 nitrogen and oxygen atoms in total. The first-order valence-corrected chi connectivity index (χ1v) is 8.42. The van der Waals surface area contributed by atoms with Crippen molar-refractivity contribution >= 4 is 32.9 Å². The topological polar surface area (TPSA) is 83.8 Å². The van der Waals surface area contributed by atoms with Gasteiger partial charge in [0.2, 0.25) is 5.78 Å². The highest BCUT2D eigenvalue weighted by molar-refractivity contribution is 7.90. The molecule has 2 aromatic carbocycles. The zero-order valence-corrected chi connectivity index (χ0v) is 13.1. The van der Waals surface area contributed by atoms with Crippen LogP contribution in [0.2, 0.25) is 5.02 Å². The Balaban J connectivity index is 2.35. The highest BCUT2D eigenvalue weighted by atomic mass is 35.5. The molecule has 0 radical (unpaired) electrons. The van der Waals surface area contributed by atoms with Gasteiger partial charge in [-0.3, -0.25) is 4.79 Å². The normalized spacial score (nSPS) is 12.2. The molecule has 0 aliphatic carbocycles. The third-order valence-corrected chi connectivity index (χ3v) is 4.36. The lowest BCUT2D eigenvalue weighted by Crippen LogP contribution is -2.16. The summed E-state index contributed by atoms with van der Waals surface area (Å²) in [6.07, 6.45) is 1.08. The molecular formula is C15H12ClNO4S. The summed E-state index contributed by atoms with van der Waals surface area (Å²) in [4.78, 5) is 12.5. The summed E-state index contributed by atoms with van der Waals surface area (Å²) in [6.45, 7) is 0. The molecule has 0 fully saturated rings. The molecule has 0 amide bonds. The van der Waals surface area contributed by atoms with Gasteiger partial charge in [-0.2, -0.15) is 0 Å². The van der Waals surface area contributed by atoms with Crippen LogP contribution in [0, 0.1) is 0 Å².